The van der Waals surface area contributed by atoms with Gasteiger partial charge in [-0.3, -0.25) is 4.79 Å². The number of pyridine rings is 1. The predicted octanol–water partition coefficient (Wildman–Crippen LogP) is 4.07. The fourth-order valence-electron chi connectivity index (χ4n) is 2.73. The van der Waals surface area contributed by atoms with Gasteiger partial charge in [0.1, 0.15) is 17.4 Å². The number of methoxy groups -OCH3 is 1. The highest BCUT2D eigenvalue weighted by molar-refractivity contribution is 5.91. The summed E-state index contributed by atoms with van der Waals surface area (Å²) < 4.78 is 18.1. The lowest BCUT2D eigenvalue weighted by molar-refractivity contribution is -0.115. The molecule has 3 rings (SSSR count). The van der Waals surface area contributed by atoms with Crippen molar-refractivity contribution in [3.8, 4) is 5.75 Å². The Morgan fingerprint density at radius 3 is 2.61 bits per heavy atom. The summed E-state index contributed by atoms with van der Waals surface area (Å²) in [6.45, 7) is 0.755. The third-order valence-electron chi connectivity index (χ3n) is 4.19. The molecule has 5 nitrogen and oxygen atoms in total. The SMILES string of the molecule is COc1cccc(CCNc2ccc(NC(=O)Cc3ccc(F)cc3)nc2)c1. The van der Waals surface area contributed by atoms with Crippen LogP contribution in [0.1, 0.15) is 11.1 Å². The highest BCUT2D eigenvalue weighted by atomic mass is 19.1. The van der Waals surface area contributed by atoms with Gasteiger partial charge < -0.3 is 15.4 Å². The lowest BCUT2D eigenvalue weighted by Crippen LogP contribution is -2.15. The topological polar surface area (TPSA) is 63.2 Å². The third-order valence-corrected chi connectivity index (χ3v) is 4.19. The van der Waals surface area contributed by atoms with Gasteiger partial charge in [-0.15, -0.1) is 0 Å². The van der Waals surface area contributed by atoms with Gasteiger partial charge in [0.25, 0.3) is 0 Å². The van der Waals surface area contributed by atoms with Crippen molar-refractivity contribution in [1.82, 2.24) is 4.98 Å². The van der Waals surface area contributed by atoms with Crippen LogP contribution in [0.5, 0.6) is 5.75 Å². The number of hydrogen-bond donors (Lipinski definition) is 2. The van der Waals surface area contributed by atoms with Gasteiger partial charge in [-0.25, -0.2) is 9.37 Å². The van der Waals surface area contributed by atoms with E-state index < -0.39 is 0 Å². The normalized spacial score (nSPS) is 10.4. The van der Waals surface area contributed by atoms with Crippen molar-refractivity contribution in [3.63, 3.8) is 0 Å². The molecule has 1 aromatic heterocycles. The van der Waals surface area contributed by atoms with Gasteiger partial charge in [0, 0.05) is 6.54 Å². The summed E-state index contributed by atoms with van der Waals surface area (Å²) in [6.07, 6.45) is 2.70. The second kappa shape index (κ2) is 9.50. The number of ether oxygens (including phenoxy) is 1. The predicted molar refractivity (Wildman–Crippen MR) is 108 cm³/mol. The Bertz CT molecular complexity index is 912. The molecule has 0 aliphatic heterocycles. The maximum atomic E-state index is 12.9. The largest absolute Gasteiger partial charge is 0.497 e. The minimum absolute atomic E-state index is 0.169. The summed E-state index contributed by atoms with van der Waals surface area (Å²) in [5.41, 5.74) is 2.80. The molecule has 0 bridgehead atoms. The van der Waals surface area contributed by atoms with Crippen molar-refractivity contribution in [3.05, 3.63) is 83.8 Å². The number of benzene rings is 2. The van der Waals surface area contributed by atoms with Crippen molar-refractivity contribution in [2.45, 2.75) is 12.8 Å². The first-order valence-electron chi connectivity index (χ1n) is 8.99. The first-order valence-corrected chi connectivity index (χ1v) is 8.99. The average Bonchev–Trinajstić information content (AvgIpc) is 2.71. The number of halogens is 1. The zero-order chi connectivity index (χ0) is 19.8. The standard InChI is InChI=1S/C22H22FN3O2/c1-28-20-4-2-3-16(13-20)11-12-24-19-9-10-21(25-15-19)26-22(27)14-17-5-7-18(23)8-6-17/h2-10,13,15,24H,11-12,14H2,1H3,(H,25,26,27). The number of carbonyl (C=O) groups excluding carboxylic acids is 1. The van der Waals surface area contributed by atoms with Crippen LogP contribution >= 0.6 is 0 Å². The lowest BCUT2D eigenvalue weighted by atomic mass is 10.1. The molecule has 0 saturated carbocycles. The Labute approximate surface area is 163 Å². The molecular formula is C22H22FN3O2. The number of hydrogen-bond acceptors (Lipinski definition) is 4. The number of nitrogens with zero attached hydrogens (tertiary/aromatic N) is 1. The van der Waals surface area contributed by atoms with Gasteiger partial charge in [-0.05, 0) is 53.9 Å². The van der Waals surface area contributed by atoms with E-state index in [0.717, 1.165) is 30.0 Å². The van der Waals surface area contributed by atoms with Crippen LogP contribution in [0, 0.1) is 5.82 Å². The van der Waals surface area contributed by atoms with Crippen LogP contribution in [-0.4, -0.2) is 24.5 Å². The number of carbonyl (C=O) groups is 1. The van der Waals surface area contributed by atoms with Crippen molar-refractivity contribution in [2.24, 2.45) is 0 Å². The summed E-state index contributed by atoms with van der Waals surface area (Å²) in [5.74, 6) is 0.809. The summed E-state index contributed by atoms with van der Waals surface area (Å²) in [5, 5.41) is 6.05. The molecule has 0 spiro atoms. The summed E-state index contributed by atoms with van der Waals surface area (Å²) in [7, 11) is 1.66. The van der Waals surface area contributed by atoms with E-state index in [1.165, 1.54) is 17.7 Å². The quantitative estimate of drug-likeness (QED) is 0.619. The molecule has 0 fully saturated rings. The molecule has 0 atom stereocenters. The smallest absolute Gasteiger partial charge is 0.229 e. The summed E-state index contributed by atoms with van der Waals surface area (Å²) in [4.78, 5) is 16.3. The van der Waals surface area contributed by atoms with Gasteiger partial charge >= 0.3 is 0 Å². The van der Waals surface area contributed by atoms with Gasteiger partial charge in [-0.1, -0.05) is 24.3 Å². The average molecular weight is 379 g/mol. The van der Waals surface area contributed by atoms with Crippen LogP contribution < -0.4 is 15.4 Å². The molecule has 2 aromatic carbocycles. The fourth-order valence-corrected chi connectivity index (χ4v) is 2.73. The Hall–Kier alpha value is -3.41. The van der Waals surface area contributed by atoms with Crippen molar-refractivity contribution in [2.75, 3.05) is 24.3 Å². The molecule has 28 heavy (non-hydrogen) atoms. The zero-order valence-corrected chi connectivity index (χ0v) is 15.6. The van der Waals surface area contributed by atoms with E-state index in [-0.39, 0.29) is 18.1 Å². The Morgan fingerprint density at radius 1 is 1.07 bits per heavy atom. The number of rotatable bonds is 8. The molecule has 3 aromatic rings. The minimum Gasteiger partial charge on any atom is -0.497 e. The van der Waals surface area contributed by atoms with E-state index in [4.69, 9.17) is 4.74 Å². The molecule has 1 heterocycles. The molecule has 0 unspecified atom stereocenters. The molecule has 144 valence electrons. The van der Waals surface area contributed by atoms with Crippen molar-refractivity contribution in [1.29, 1.82) is 0 Å². The van der Waals surface area contributed by atoms with Crippen molar-refractivity contribution < 1.29 is 13.9 Å². The van der Waals surface area contributed by atoms with E-state index in [2.05, 4.69) is 21.7 Å². The molecule has 0 aliphatic carbocycles. The van der Waals surface area contributed by atoms with E-state index in [0.29, 0.717) is 5.82 Å². The fraction of sp³-hybridized carbons (Fsp3) is 0.182. The minimum atomic E-state index is -0.319. The maximum absolute atomic E-state index is 12.9. The second-order valence-corrected chi connectivity index (χ2v) is 6.31. The summed E-state index contributed by atoms with van der Waals surface area (Å²) in [6, 6.07) is 17.4. The maximum Gasteiger partial charge on any atom is 0.229 e. The summed E-state index contributed by atoms with van der Waals surface area (Å²) >= 11 is 0. The van der Waals surface area contributed by atoms with Gasteiger partial charge in [-0.2, -0.15) is 0 Å². The first kappa shape index (κ1) is 19.4. The molecule has 2 N–H and O–H groups in total. The monoisotopic (exact) mass is 379 g/mol. The molecule has 1 amide bonds. The van der Waals surface area contributed by atoms with Crippen LogP contribution in [0.15, 0.2) is 66.9 Å². The Balaban J connectivity index is 1.46. The van der Waals surface area contributed by atoms with E-state index in [1.54, 1.807) is 31.5 Å². The van der Waals surface area contributed by atoms with E-state index >= 15 is 0 Å². The molecule has 0 saturated heterocycles. The van der Waals surface area contributed by atoms with E-state index in [1.807, 2.05) is 24.3 Å². The van der Waals surface area contributed by atoms with Crippen molar-refractivity contribution >= 4 is 17.4 Å². The first-order chi connectivity index (χ1) is 13.6. The van der Waals surface area contributed by atoms with Crippen LogP contribution in [0.4, 0.5) is 15.9 Å². The van der Waals surface area contributed by atoms with E-state index in [9.17, 15) is 9.18 Å². The Morgan fingerprint density at radius 2 is 1.89 bits per heavy atom. The molecule has 6 heteroatoms. The molecular weight excluding hydrogens is 357 g/mol. The number of anilines is 2. The molecule has 0 aliphatic rings. The van der Waals surface area contributed by atoms with Gasteiger partial charge in [0.15, 0.2) is 0 Å². The second-order valence-electron chi connectivity index (χ2n) is 6.31. The van der Waals surface area contributed by atoms with Crippen LogP contribution in [-0.2, 0) is 17.6 Å². The zero-order valence-electron chi connectivity index (χ0n) is 15.6. The number of nitrogens with one attached hydrogen (secondary N) is 2. The van der Waals surface area contributed by atoms with Gasteiger partial charge in [0.2, 0.25) is 5.91 Å². The number of aromatic nitrogens is 1. The van der Waals surface area contributed by atoms with Crippen LogP contribution in [0.25, 0.3) is 0 Å². The third kappa shape index (κ3) is 5.81. The Kier molecular flexibility index (Phi) is 6.57. The highest BCUT2D eigenvalue weighted by Gasteiger charge is 2.05. The number of amides is 1. The molecule has 0 radical (unpaired) electrons. The van der Waals surface area contributed by atoms with Gasteiger partial charge in [0.05, 0.1) is 25.4 Å². The lowest BCUT2D eigenvalue weighted by Gasteiger charge is -2.09. The van der Waals surface area contributed by atoms with Crippen LogP contribution in [0.3, 0.4) is 0 Å². The highest BCUT2D eigenvalue weighted by Crippen LogP contribution is 2.14. The van der Waals surface area contributed by atoms with Crippen LogP contribution in [0.2, 0.25) is 0 Å².